The zero-order chi connectivity index (χ0) is 18.7. The third-order valence-corrected chi connectivity index (χ3v) is 5.80. The van der Waals surface area contributed by atoms with Crippen molar-refractivity contribution < 1.29 is 9.59 Å². The number of nitrogens with zero attached hydrogens (tertiary/aromatic N) is 3. The predicted octanol–water partition coefficient (Wildman–Crippen LogP) is 1.53. The minimum Gasteiger partial charge on any atom is -0.354 e. The van der Waals surface area contributed by atoms with Crippen LogP contribution in [0, 0.1) is 19.8 Å². The van der Waals surface area contributed by atoms with Gasteiger partial charge in [0.2, 0.25) is 11.8 Å². The monoisotopic (exact) mass is 433 g/mol. The summed E-state index contributed by atoms with van der Waals surface area (Å²) >= 11 is 0. The molecule has 1 aromatic rings. The van der Waals surface area contributed by atoms with Gasteiger partial charge in [0.25, 0.3) is 0 Å². The third kappa shape index (κ3) is 5.84. The number of likely N-dealkylation sites (tertiary alicyclic amines) is 1. The summed E-state index contributed by atoms with van der Waals surface area (Å²) in [4.78, 5) is 26.9. The Kier molecular flexibility index (Phi) is 9.74. The number of amides is 2. The Hall–Kier alpha value is -1.31. The Morgan fingerprint density at radius 2 is 1.96 bits per heavy atom. The van der Waals surface area contributed by atoms with Gasteiger partial charge < -0.3 is 15.5 Å². The summed E-state index contributed by atoms with van der Waals surface area (Å²) < 4.78 is 1.84. The molecule has 160 valence electrons. The summed E-state index contributed by atoms with van der Waals surface area (Å²) in [7, 11) is 1.91. The van der Waals surface area contributed by atoms with E-state index < -0.39 is 0 Å². The standard InChI is InChI=1S/C19H31N5O2.2ClH/c1-13-16(14(2)23(3)22-13)10-18(25)24-9-5-6-15(12-24)11-21-19(26)17-7-4-8-20-17;;/h15,17,20H,4-12H2,1-3H3,(H,21,26);2*1H. The predicted molar refractivity (Wildman–Crippen MR) is 114 cm³/mol. The smallest absolute Gasteiger partial charge is 0.237 e. The van der Waals surface area contributed by atoms with Crippen LogP contribution >= 0.6 is 24.8 Å². The molecule has 2 saturated heterocycles. The highest BCUT2D eigenvalue weighted by Crippen LogP contribution is 2.19. The van der Waals surface area contributed by atoms with E-state index in [0.717, 1.165) is 62.3 Å². The van der Waals surface area contributed by atoms with Gasteiger partial charge in [-0.1, -0.05) is 0 Å². The molecule has 2 N–H and O–H groups in total. The first-order valence-electron chi connectivity index (χ1n) is 9.73. The molecule has 0 bridgehead atoms. The molecule has 3 heterocycles. The van der Waals surface area contributed by atoms with Crippen molar-refractivity contribution in [1.29, 1.82) is 0 Å². The SMILES string of the molecule is Cc1nn(C)c(C)c1CC(=O)N1CCCC(CNC(=O)C2CCCN2)C1.Cl.Cl. The zero-order valence-electron chi connectivity index (χ0n) is 17.0. The van der Waals surface area contributed by atoms with Gasteiger partial charge in [0.05, 0.1) is 18.2 Å². The number of nitrogens with one attached hydrogen (secondary N) is 2. The molecule has 28 heavy (non-hydrogen) atoms. The second-order valence-electron chi connectivity index (χ2n) is 7.69. The van der Waals surface area contributed by atoms with Gasteiger partial charge in [-0.25, -0.2) is 0 Å². The second-order valence-corrected chi connectivity index (χ2v) is 7.69. The van der Waals surface area contributed by atoms with Crippen LogP contribution in [0.25, 0.3) is 0 Å². The lowest BCUT2D eigenvalue weighted by atomic mass is 9.97. The molecule has 0 aromatic carbocycles. The van der Waals surface area contributed by atoms with Gasteiger partial charge in [-0.2, -0.15) is 5.10 Å². The maximum Gasteiger partial charge on any atom is 0.237 e. The lowest BCUT2D eigenvalue weighted by Gasteiger charge is -2.33. The minimum absolute atomic E-state index is 0. The molecule has 2 fully saturated rings. The number of carbonyl (C=O) groups excluding carboxylic acids is 2. The van der Waals surface area contributed by atoms with E-state index in [1.165, 1.54) is 0 Å². The van der Waals surface area contributed by atoms with Crippen LogP contribution in [0.2, 0.25) is 0 Å². The van der Waals surface area contributed by atoms with Crippen molar-refractivity contribution in [2.24, 2.45) is 13.0 Å². The summed E-state index contributed by atoms with van der Waals surface area (Å²) in [6.07, 6.45) is 4.46. The van der Waals surface area contributed by atoms with Crippen LogP contribution < -0.4 is 10.6 Å². The van der Waals surface area contributed by atoms with Crippen molar-refractivity contribution in [2.45, 2.75) is 52.0 Å². The van der Waals surface area contributed by atoms with Crippen LogP contribution in [-0.4, -0.2) is 58.7 Å². The van der Waals surface area contributed by atoms with E-state index in [9.17, 15) is 9.59 Å². The molecule has 2 aliphatic heterocycles. The molecular formula is C19H33Cl2N5O2. The fourth-order valence-corrected chi connectivity index (χ4v) is 4.07. The van der Waals surface area contributed by atoms with Crippen LogP contribution in [0.3, 0.4) is 0 Å². The van der Waals surface area contributed by atoms with E-state index >= 15 is 0 Å². The Balaban J connectivity index is 0.00000196. The van der Waals surface area contributed by atoms with E-state index in [1.807, 2.05) is 30.5 Å². The van der Waals surface area contributed by atoms with Crippen molar-refractivity contribution in [2.75, 3.05) is 26.2 Å². The van der Waals surface area contributed by atoms with Crippen molar-refractivity contribution in [3.8, 4) is 0 Å². The van der Waals surface area contributed by atoms with E-state index in [2.05, 4.69) is 15.7 Å². The number of rotatable bonds is 5. The first-order valence-corrected chi connectivity index (χ1v) is 9.73. The number of aromatic nitrogens is 2. The largest absolute Gasteiger partial charge is 0.354 e. The van der Waals surface area contributed by atoms with Crippen LogP contribution in [0.5, 0.6) is 0 Å². The van der Waals surface area contributed by atoms with Gasteiger partial charge in [-0.05, 0) is 52.0 Å². The molecule has 0 radical (unpaired) electrons. The molecule has 0 saturated carbocycles. The highest BCUT2D eigenvalue weighted by molar-refractivity contribution is 5.85. The molecule has 2 amide bonds. The summed E-state index contributed by atoms with van der Waals surface area (Å²) in [6.45, 7) is 7.10. The summed E-state index contributed by atoms with van der Waals surface area (Å²) in [5, 5.41) is 10.7. The highest BCUT2D eigenvalue weighted by Gasteiger charge is 2.27. The van der Waals surface area contributed by atoms with Gasteiger partial charge in [-0.15, -0.1) is 24.8 Å². The Labute approximate surface area is 179 Å². The van der Waals surface area contributed by atoms with E-state index in [0.29, 0.717) is 18.9 Å². The lowest BCUT2D eigenvalue weighted by Crippen LogP contribution is -2.47. The molecular weight excluding hydrogens is 401 g/mol. The van der Waals surface area contributed by atoms with Crippen molar-refractivity contribution in [3.05, 3.63) is 17.0 Å². The Morgan fingerprint density at radius 1 is 1.21 bits per heavy atom. The van der Waals surface area contributed by atoms with E-state index in [1.54, 1.807) is 0 Å². The molecule has 0 aliphatic carbocycles. The topological polar surface area (TPSA) is 79.3 Å². The second kappa shape index (κ2) is 11.0. The Bertz CT molecular complexity index is 674. The average molecular weight is 434 g/mol. The molecule has 7 nitrogen and oxygen atoms in total. The van der Waals surface area contributed by atoms with Crippen LogP contribution in [0.15, 0.2) is 0 Å². The fraction of sp³-hybridized carbons (Fsp3) is 0.737. The van der Waals surface area contributed by atoms with Crippen molar-refractivity contribution in [3.63, 3.8) is 0 Å². The van der Waals surface area contributed by atoms with Gasteiger partial charge in [0.15, 0.2) is 0 Å². The third-order valence-electron chi connectivity index (χ3n) is 5.80. The summed E-state index contributed by atoms with van der Waals surface area (Å²) in [5.41, 5.74) is 3.03. The first kappa shape index (κ1) is 24.7. The van der Waals surface area contributed by atoms with Gasteiger partial charge in [-0.3, -0.25) is 14.3 Å². The zero-order valence-corrected chi connectivity index (χ0v) is 18.6. The normalized spacial score (nSPS) is 21.6. The average Bonchev–Trinajstić information content (AvgIpc) is 3.25. The summed E-state index contributed by atoms with van der Waals surface area (Å²) in [6, 6.07) is -0.0344. The fourth-order valence-electron chi connectivity index (χ4n) is 4.07. The number of halogens is 2. The van der Waals surface area contributed by atoms with Gasteiger partial charge in [0, 0.05) is 37.9 Å². The molecule has 3 rings (SSSR count). The summed E-state index contributed by atoms with van der Waals surface area (Å²) in [5.74, 6) is 0.611. The first-order chi connectivity index (χ1) is 12.5. The molecule has 2 unspecified atom stereocenters. The van der Waals surface area contributed by atoms with Gasteiger partial charge >= 0.3 is 0 Å². The van der Waals surface area contributed by atoms with Crippen molar-refractivity contribution >= 4 is 36.6 Å². The number of aryl methyl sites for hydroxylation is 2. The van der Waals surface area contributed by atoms with Crippen molar-refractivity contribution in [1.82, 2.24) is 25.3 Å². The van der Waals surface area contributed by atoms with Crippen LogP contribution in [-0.2, 0) is 23.1 Å². The number of hydrogen-bond donors (Lipinski definition) is 2. The van der Waals surface area contributed by atoms with Crippen LogP contribution in [0.4, 0.5) is 0 Å². The molecule has 0 spiro atoms. The van der Waals surface area contributed by atoms with Gasteiger partial charge in [0.1, 0.15) is 0 Å². The van der Waals surface area contributed by atoms with Crippen LogP contribution in [0.1, 0.15) is 42.6 Å². The minimum atomic E-state index is -0.0344. The quantitative estimate of drug-likeness (QED) is 0.737. The molecule has 2 aliphatic rings. The number of piperidine rings is 1. The molecule has 9 heteroatoms. The maximum atomic E-state index is 12.8. The van der Waals surface area contributed by atoms with E-state index in [-0.39, 0.29) is 42.7 Å². The highest BCUT2D eigenvalue weighted by atomic mass is 35.5. The maximum absolute atomic E-state index is 12.8. The van der Waals surface area contributed by atoms with E-state index in [4.69, 9.17) is 0 Å². The number of carbonyl (C=O) groups is 2. The molecule has 1 aromatic heterocycles. The lowest BCUT2D eigenvalue weighted by molar-refractivity contribution is -0.132. The molecule has 2 atom stereocenters. The number of hydrogen-bond acceptors (Lipinski definition) is 4. The Morgan fingerprint density at radius 3 is 2.57 bits per heavy atom.